The van der Waals surface area contributed by atoms with E-state index in [0.717, 1.165) is 17.4 Å². The topological polar surface area (TPSA) is 46.2 Å². The molecule has 0 aliphatic heterocycles. The minimum Gasteiger partial charge on any atom is -0.314 e. The summed E-state index contributed by atoms with van der Waals surface area (Å²) in [7, 11) is -3.25. The number of rotatable bonds is 7. The van der Waals surface area contributed by atoms with Crippen LogP contribution >= 0.6 is 15.9 Å². The summed E-state index contributed by atoms with van der Waals surface area (Å²) in [5, 5.41) is 2.94. The Labute approximate surface area is 124 Å². The summed E-state index contributed by atoms with van der Waals surface area (Å²) in [5.74, 6) is 0. The van der Waals surface area contributed by atoms with E-state index in [0.29, 0.717) is 11.3 Å². The molecule has 0 spiro atoms. The van der Waals surface area contributed by atoms with Crippen molar-refractivity contribution in [3.8, 4) is 0 Å². The standard InChI is InChI=1S/C14H22BrNO2S/c1-4-8-16-11(2)9-12(3)19(17,18)14-7-5-6-13(15)10-14/h5-7,10-12,16H,4,8-9H2,1-3H3. The fourth-order valence-corrected chi connectivity index (χ4v) is 4.09. The van der Waals surface area contributed by atoms with Crippen LogP contribution in [0, 0.1) is 0 Å². The minimum atomic E-state index is -3.25. The molecule has 2 atom stereocenters. The predicted octanol–water partition coefficient (Wildman–Crippen LogP) is 3.39. The lowest BCUT2D eigenvalue weighted by atomic mass is 10.2. The Bertz CT molecular complexity index is 502. The molecule has 0 saturated heterocycles. The van der Waals surface area contributed by atoms with Crippen LogP contribution in [0.1, 0.15) is 33.6 Å². The van der Waals surface area contributed by atoms with Gasteiger partial charge < -0.3 is 5.32 Å². The van der Waals surface area contributed by atoms with Crippen molar-refractivity contribution in [2.45, 2.75) is 49.8 Å². The van der Waals surface area contributed by atoms with Crippen molar-refractivity contribution in [1.29, 1.82) is 0 Å². The highest BCUT2D eigenvalue weighted by Crippen LogP contribution is 2.22. The lowest BCUT2D eigenvalue weighted by Gasteiger charge is -2.19. The number of sulfone groups is 1. The van der Waals surface area contributed by atoms with Crippen molar-refractivity contribution >= 4 is 25.8 Å². The van der Waals surface area contributed by atoms with Crippen molar-refractivity contribution in [3.63, 3.8) is 0 Å². The summed E-state index contributed by atoms with van der Waals surface area (Å²) < 4.78 is 25.7. The van der Waals surface area contributed by atoms with Gasteiger partial charge in [0, 0.05) is 10.5 Å². The van der Waals surface area contributed by atoms with Gasteiger partial charge in [0.25, 0.3) is 0 Å². The second-order valence-corrected chi connectivity index (χ2v) is 8.19. The summed E-state index contributed by atoms with van der Waals surface area (Å²) in [6.45, 7) is 6.83. The van der Waals surface area contributed by atoms with Crippen LogP contribution in [-0.2, 0) is 9.84 Å². The number of halogens is 1. The molecule has 1 aromatic carbocycles. The third-order valence-corrected chi connectivity index (χ3v) is 5.74. The molecule has 0 radical (unpaired) electrons. The van der Waals surface area contributed by atoms with Gasteiger partial charge in [0.15, 0.2) is 9.84 Å². The molecule has 2 unspecified atom stereocenters. The van der Waals surface area contributed by atoms with Crippen LogP contribution in [0.5, 0.6) is 0 Å². The second kappa shape index (κ2) is 7.41. The van der Waals surface area contributed by atoms with E-state index in [4.69, 9.17) is 0 Å². The van der Waals surface area contributed by atoms with Crippen molar-refractivity contribution < 1.29 is 8.42 Å². The smallest absolute Gasteiger partial charge is 0.181 e. The van der Waals surface area contributed by atoms with Gasteiger partial charge in [0.05, 0.1) is 10.1 Å². The first-order valence-electron chi connectivity index (χ1n) is 6.60. The van der Waals surface area contributed by atoms with Gasteiger partial charge in [0.2, 0.25) is 0 Å². The maximum atomic E-state index is 12.4. The third kappa shape index (κ3) is 4.89. The van der Waals surface area contributed by atoms with E-state index < -0.39 is 9.84 Å². The van der Waals surface area contributed by atoms with E-state index in [1.54, 1.807) is 25.1 Å². The van der Waals surface area contributed by atoms with E-state index in [1.807, 2.05) is 13.0 Å². The first-order chi connectivity index (χ1) is 8.87. The molecule has 0 heterocycles. The highest BCUT2D eigenvalue weighted by atomic mass is 79.9. The average Bonchev–Trinajstić information content (AvgIpc) is 2.36. The molecule has 5 heteroatoms. The zero-order chi connectivity index (χ0) is 14.5. The molecule has 0 saturated carbocycles. The van der Waals surface area contributed by atoms with Crippen LogP contribution in [0.4, 0.5) is 0 Å². The molecule has 1 rings (SSSR count). The van der Waals surface area contributed by atoms with Crippen LogP contribution in [0.3, 0.4) is 0 Å². The SMILES string of the molecule is CCCNC(C)CC(C)S(=O)(=O)c1cccc(Br)c1. The zero-order valence-corrected chi connectivity index (χ0v) is 14.1. The predicted molar refractivity (Wildman–Crippen MR) is 83.2 cm³/mol. The summed E-state index contributed by atoms with van der Waals surface area (Å²) >= 11 is 3.31. The molecule has 0 aromatic heterocycles. The number of hydrogen-bond donors (Lipinski definition) is 1. The van der Waals surface area contributed by atoms with E-state index in [2.05, 4.69) is 28.2 Å². The van der Waals surface area contributed by atoms with Gasteiger partial charge in [-0.05, 0) is 51.4 Å². The molecule has 3 nitrogen and oxygen atoms in total. The molecule has 19 heavy (non-hydrogen) atoms. The summed E-state index contributed by atoms with van der Waals surface area (Å²) in [6.07, 6.45) is 1.67. The lowest BCUT2D eigenvalue weighted by Crippen LogP contribution is -2.32. The largest absolute Gasteiger partial charge is 0.314 e. The Morgan fingerprint density at radius 3 is 2.58 bits per heavy atom. The van der Waals surface area contributed by atoms with Gasteiger partial charge in [-0.25, -0.2) is 8.42 Å². The van der Waals surface area contributed by atoms with E-state index >= 15 is 0 Å². The lowest BCUT2D eigenvalue weighted by molar-refractivity contribution is 0.497. The molecule has 0 fully saturated rings. The Morgan fingerprint density at radius 2 is 2.00 bits per heavy atom. The molecular weight excluding hydrogens is 326 g/mol. The van der Waals surface area contributed by atoms with Gasteiger partial charge in [-0.3, -0.25) is 0 Å². The average molecular weight is 348 g/mol. The van der Waals surface area contributed by atoms with Gasteiger partial charge in [-0.2, -0.15) is 0 Å². The fraction of sp³-hybridized carbons (Fsp3) is 0.571. The number of nitrogens with one attached hydrogen (secondary N) is 1. The minimum absolute atomic E-state index is 0.205. The van der Waals surface area contributed by atoms with Crippen molar-refractivity contribution in [2.24, 2.45) is 0 Å². The van der Waals surface area contributed by atoms with Crippen LogP contribution < -0.4 is 5.32 Å². The van der Waals surface area contributed by atoms with Gasteiger partial charge in [-0.1, -0.05) is 28.9 Å². The zero-order valence-electron chi connectivity index (χ0n) is 11.7. The van der Waals surface area contributed by atoms with Crippen LogP contribution in [0.25, 0.3) is 0 Å². The molecule has 0 aliphatic rings. The molecule has 0 bridgehead atoms. The Hall–Kier alpha value is -0.390. The summed E-state index contributed by atoms with van der Waals surface area (Å²) in [5.41, 5.74) is 0. The van der Waals surface area contributed by atoms with Crippen LogP contribution in [0.2, 0.25) is 0 Å². The van der Waals surface area contributed by atoms with E-state index in [-0.39, 0.29) is 11.3 Å². The molecule has 1 N–H and O–H groups in total. The highest BCUT2D eigenvalue weighted by molar-refractivity contribution is 9.10. The summed E-state index contributed by atoms with van der Waals surface area (Å²) in [6, 6.07) is 7.10. The van der Waals surface area contributed by atoms with Gasteiger partial charge >= 0.3 is 0 Å². The van der Waals surface area contributed by atoms with Crippen LogP contribution in [0.15, 0.2) is 33.6 Å². The quantitative estimate of drug-likeness (QED) is 0.822. The molecule has 1 aromatic rings. The van der Waals surface area contributed by atoms with E-state index in [1.165, 1.54) is 0 Å². The second-order valence-electron chi connectivity index (χ2n) is 4.90. The Kier molecular flexibility index (Phi) is 6.50. The maximum Gasteiger partial charge on any atom is 0.181 e. The summed E-state index contributed by atoms with van der Waals surface area (Å²) in [4.78, 5) is 0.386. The first kappa shape index (κ1) is 16.7. The first-order valence-corrected chi connectivity index (χ1v) is 8.94. The number of hydrogen-bond acceptors (Lipinski definition) is 3. The highest BCUT2D eigenvalue weighted by Gasteiger charge is 2.24. The maximum absolute atomic E-state index is 12.4. The van der Waals surface area contributed by atoms with E-state index in [9.17, 15) is 8.42 Å². The van der Waals surface area contributed by atoms with Gasteiger partial charge in [-0.15, -0.1) is 0 Å². The van der Waals surface area contributed by atoms with Gasteiger partial charge in [0.1, 0.15) is 0 Å². The number of benzene rings is 1. The normalized spacial score (nSPS) is 15.2. The third-order valence-electron chi connectivity index (χ3n) is 3.08. The Morgan fingerprint density at radius 1 is 1.32 bits per heavy atom. The molecular formula is C14H22BrNO2S. The van der Waals surface area contributed by atoms with Crippen molar-refractivity contribution in [1.82, 2.24) is 5.32 Å². The van der Waals surface area contributed by atoms with Crippen molar-refractivity contribution in [2.75, 3.05) is 6.54 Å². The monoisotopic (exact) mass is 347 g/mol. The Balaban J connectivity index is 2.77. The van der Waals surface area contributed by atoms with Crippen LogP contribution in [-0.4, -0.2) is 26.3 Å². The molecule has 0 amide bonds. The molecule has 108 valence electrons. The molecule has 0 aliphatic carbocycles. The van der Waals surface area contributed by atoms with Crippen molar-refractivity contribution in [3.05, 3.63) is 28.7 Å². The fourth-order valence-electron chi connectivity index (χ4n) is 1.97.